The van der Waals surface area contributed by atoms with E-state index in [0.29, 0.717) is 0 Å². The first-order valence-electron chi connectivity index (χ1n) is 16.2. The van der Waals surface area contributed by atoms with E-state index < -0.39 is 0 Å². The third-order valence-electron chi connectivity index (χ3n) is 10.2. The molecule has 1 aromatic heterocycles. The van der Waals surface area contributed by atoms with Crippen molar-refractivity contribution in [2.24, 2.45) is 0 Å². The second-order valence-electron chi connectivity index (χ2n) is 13.2. The van der Waals surface area contributed by atoms with Gasteiger partial charge in [0, 0.05) is 44.3 Å². The third kappa shape index (κ3) is 3.81. The van der Waals surface area contributed by atoms with E-state index in [2.05, 4.69) is 164 Å². The van der Waals surface area contributed by atoms with Gasteiger partial charge in [-0.3, -0.25) is 0 Å². The molecule has 7 aromatic carbocycles. The lowest BCUT2D eigenvalue weighted by atomic mass is 9.82. The van der Waals surface area contributed by atoms with Crippen molar-refractivity contribution in [3.63, 3.8) is 0 Å². The first-order chi connectivity index (χ1) is 23.1. The highest BCUT2D eigenvalue weighted by atomic mass is 32.1. The molecular weight excluding hydrogens is 589 g/mol. The summed E-state index contributed by atoms with van der Waals surface area (Å²) in [7, 11) is 0. The topological polar surface area (TPSA) is 16.1 Å². The van der Waals surface area contributed by atoms with Crippen LogP contribution in [0.5, 0.6) is 0 Å². The minimum absolute atomic E-state index is 0.0744. The average molecular weight is 619 g/mol. The van der Waals surface area contributed by atoms with Crippen molar-refractivity contribution >= 4 is 49.9 Å². The Labute approximate surface area is 278 Å². The van der Waals surface area contributed by atoms with Gasteiger partial charge in [0.25, 0.3) is 0 Å². The molecule has 10 rings (SSSR count). The maximum absolute atomic E-state index is 5.28. The Balaban J connectivity index is 1.13. The largest absolute Gasteiger partial charge is 0.310 e. The number of thiazole rings is 1. The molecule has 2 aliphatic rings. The van der Waals surface area contributed by atoms with Crippen LogP contribution in [-0.2, 0) is 5.41 Å². The first-order valence-corrected chi connectivity index (χ1v) is 17.0. The van der Waals surface area contributed by atoms with Crippen LogP contribution in [-0.4, -0.2) is 4.98 Å². The Kier molecular flexibility index (Phi) is 5.53. The fourth-order valence-corrected chi connectivity index (χ4v) is 9.05. The number of hydrogen-bond acceptors (Lipinski definition) is 3. The van der Waals surface area contributed by atoms with E-state index in [0.717, 1.165) is 16.4 Å². The highest BCUT2D eigenvalue weighted by Gasteiger charge is 2.36. The first kappa shape index (κ1) is 26.7. The summed E-state index contributed by atoms with van der Waals surface area (Å²) >= 11 is 1.80. The Morgan fingerprint density at radius 3 is 2.19 bits per heavy atom. The molecule has 0 saturated heterocycles. The Bertz CT molecular complexity index is 2530. The summed E-state index contributed by atoms with van der Waals surface area (Å²) < 4.78 is 0. The van der Waals surface area contributed by atoms with Crippen LogP contribution in [0.15, 0.2) is 146 Å². The lowest BCUT2D eigenvalue weighted by Crippen LogP contribution is -2.16. The van der Waals surface area contributed by atoms with E-state index in [9.17, 15) is 0 Å². The number of anilines is 3. The van der Waals surface area contributed by atoms with Gasteiger partial charge in [0.2, 0.25) is 0 Å². The zero-order valence-corrected chi connectivity index (χ0v) is 27.0. The fraction of sp³-hybridized carbons (Fsp3) is 0.0682. The molecule has 3 heteroatoms. The normalized spacial score (nSPS) is 13.5. The maximum Gasteiger partial charge on any atom is 0.124 e. The number of aromatic nitrogens is 1. The summed E-state index contributed by atoms with van der Waals surface area (Å²) in [5.41, 5.74) is 13.6. The SMILES string of the molecule is CC1(C)c2ccccc2-c2ccc(N(c3ccccc3)c3ccc4c5c(cccc35)-c3nc(-c5ccc6ccccc6c5)sc3-4)cc21. The lowest BCUT2D eigenvalue weighted by molar-refractivity contribution is 0.660. The molecular formula is C44H30N2S. The van der Waals surface area contributed by atoms with E-state index in [1.54, 1.807) is 11.3 Å². The van der Waals surface area contributed by atoms with E-state index >= 15 is 0 Å². The summed E-state index contributed by atoms with van der Waals surface area (Å²) in [4.78, 5) is 8.97. The minimum Gasteiger partial charge on any atom is -0.310 e. The van der Waals surface area contributed by atoms with E-state index in [1.165, 1.54) is 76.7 Å². The molecule has 0 bridgehead atoms. The molecule has 0 radical (unpaired) electrons. The number of benzene rings is 7. The van der Waals surface area contributed by atoms with Crippen LogP contribution in [0.2, 0.25) is 0 Å². The number of fused-ring (bicyclic) bond motifs is 7. The molecule has 0 unspecified atom stereocenters. The molecule has 0 saturated carbocycles. The molecule has 0 spiro atoms. The smallest absolute Gasteiger partial charge is 0.124 e. The second kappa shape index (κ2) is 9.75. The Morgan fingerprint density at radius 1 is 0.553 bits per heavy atom. The van der Waals surface area contributed by atoms with E-state index in [1.807, 2.05) is 0 Å². The predicted octanol–water partition coefficient (Wildman–Crippen LogP) is 12.5. The summed E-state index contributed by atoms with van der Waals surface area (Å²) in [5.74, 6) is 0. The monoisotopic (exact) mass is 618 g/mol. The van der Waals surface area contributed by atoms with Crippen molar-refractivity contribution in [2.75, 3.05) is 4.90 Å². The quantitative estimate of drug-likeness (QED) is 0.195. The lowest BCUT2D eigenvalue weighted by Gasteiger charge is -2.29. The number of para-hydroxylation sites is 1. The Hall–Kier alpha value is -5.51. The molecule has 0 amide bonds. The third-order valence-corrected chi connectivity index (χ3v) is 11.4. The van der Waals surface area contributed by atoms with Crippen LogP contribution in [0, 0.1) is 0 Å². The van der Waals surface area contributed by atoms with Gasteiger partial charge in [-0.25, -0.2) is 4.98 Å². The molecule has 0 atom stereocenters. The summed E-state index contributed by atoms with van der Waals surface area (Å²) in [6, 6.07) is 53.2. The predicted molar refractivity (Wildman–Crippen MR) is 199 cm³/mol. The number of hydrogen-bond donors (Lipinski definition) is 0. The highest BCUT2D eigenvalue weighted by molar-refractivity contribution is 7.19. The van der Waals surface area contributed by atoms with Crippen LogP contribution in [0.3, 0.4) is 0 Å². The molecule has 1 heterocycles. The van der Waals surface area contributed by atoms with Gasteiger partial charge in [-0.2, -0.15) is 0 Å². The molecule has 2 nitrogen and oxygen atoms in total. The van der Waals surface area contributed by atoms with E-state index in [4.69, 9.17) is 4.98 Å². The molecule has 0 N–H and O–H groups in total. The van der Waals surface area contributed by atoms with Gasteiger partial charge in [-0.15, -0.1) is 11.3 Å². The van der Waals surface area contributed by atoms with Crippen molar-refractivity contribution in [1.29, 1.82) is 0 Å². The van der Waals surface area contributed by atoms with Crippen molar-refractivity contribution in [3.8, 4) is 43.4 Å². The van der Waals surface area contributed by atoms with E-state index in [-0.39, 0.29) is 5.41 Å². The second-order valence-corrected chi connectivity index (χ2v) is 14.2. The van der Waals surface area contributed by atoms with Gasteiger partial charge in [-0.1, -0.05) is 123 Å². The van der Waals surface area contributed by atoms with Gasteiger partial charge in [0.1, 0.15) is 5.01 Å². The van der Waals surface area contributed by atoms with Crippen molar-refractivity contribution in [1.82, 2.24) is 4.98 Å². The van der Waals surface area contributed by atoms with Crippen LogP contribution >= 0.6 is 11.3 Å². The van der Waals surface area contributed by atoms with Crippen LogP contribution in [0.1, 0.15) is 25.0 Å². The van der Waals surface area contributed by atoms with Crippen LogP contribution in [0.25, 0.3) is 64.9 Å². The zero-order valence-electron chi connectivity index (χ0n) is 26.2. The number of rotatable bonds is 4. The number of nitrogens with zero attached hydrogens (tertiary/aromatic N) is 2. The average Bonchev–Trinajstić information content (AvgIpc) is 3.75. The molecule has 8 aromatic rings. The van der Waals surface area contributed by atoms with Crippen molar-refractivity contribution in [3.05, 3.63) is 157 Å². The molecule has 47 heavy (non-hydrogen) atoms. The van der Waals surface area contributed by atoms with Gasteiger partial charge in [0.15, 0.2) is 0 Å². The molecule has 2 aliphatic carbocycles. The summed E-state index contributed by atoms with van der Waals surface area (Å²) in [6.45, 7) is 4.70. The molecule has 0 aliphatic heterocycles. The standard InChI is InChI=1S/C44H30N2S/c1-44(2)37-18-9-8-15-32(37)33-22-21-31(26-38(33)44)46(30-13-4-3-5-14-30)39-24-23-36-40-34(39)16-10-17-35(40)41-42(36)47-43(45-41)29-20-19-27-11-6-7-12-28(27)25-29/h3-26H,1-2H3. The molecule has 222 valence electrons. The summed E-state index contributed by atoms with van der Waals surface area (Å²) in [5, 5.41) is 6.10. The molecule has 0 fully saturated rings. The van der Waals surface area contributed by atoms with Gasteiger partial charge in [-0.05, 0) is 69.4 Å². The van der Waals surface area contributed by atoms with Crippen molar-refractivity contribution in [2.45, 2.75) is 19.3 Å². The zero-order chi connectivity index (χ0) is 31.3. The van der Waals surface area contributed by atoms with Gasteiger partial charge in [0.05, 0.1) is 16.3 Å². The van der Waals surface area contributed by atoms with Gasteiger partial charge >= 0.3 is 0 Å². The van der Waals surface area contributed by atoms with Crippen molar-refractivity contribution < 1.29 is 0 Å². The fourth-order valence-electron chi connectivity index (χ4n) is 7.94. The minimum atomic E-state index is -0.0744. The van der Waals surface area contributed by atoms with Gasteiger partial charge < -0.3 is 4.90 Å². The Morgan fingerprint density at radius 2 is 1.30 bits per heavy atom. The van der Waals surface area contributed by atoms with Crippen LogP contribution < -0.4 is 4.90 Å². The van der Waals surface area contributed by atoms with Crippen LogP contribution in [0.4, 0.5) is 17.1 Å². The highest BCUT2D eigenvalue weighted by Crippen LogP contribution is 2.55. The summed E-state index contributed by atoms with van der Waals surface area (Å²) in [6.07, 6.45) is 0. The maximum atomic E-state index is 5.28.